The van der Waals surface area contributed by atoms with Gasteiger partial charge in [0.05, 0.1) is 5.60 Å². The molecule has 2 rings (SSSR count). The van der Waals surface area contributed by atoms with Crippen molar-refractivity contribution in [1.82, 2.24) is 0 Å². The molecule has 0 radical (unpaired) electrons. The van der Waals surface area contributed by atoms with Crippen LogP contribution in [0.4, 0.5) is 0 Å². The lowest BCUT2D eigenvalue weighted by Crippen LogP contribution is -2.09. The first-order valence-electron chi connectivity index (χ1n) is 5.57. The van der Waals surface area contributed by atoms with Gasteiger partial charge in [0.1, 0.15) is 0 Å². The summed E-state index contributed by atoms with van der Waals surface area (Å²) in [6, 6.07) is 6.19. The number of benzene rings is 1. The Morgan fingerprint density at radius 2 is 2.27 bits per heavy atom. The zero-order valence-electron chi connectivity index (χ0n) is 9.26. The number of aliphatic hydroxyl groups is 1. The minimum Gasteiger partial charge on any atom is -0.385 e. The standard InChI is InChI=1S/C13H17BrO/c1-3-4-10-8-13(10,15)11-7-9(2)5-6-12(11)14/h5-7,10,15H,3-4,8H2,1-2H3. The second kappa shape index (κ2) is 3.91. The predicted molar refractivity (Wildman–Crippen MR) is 65.8 cm³/mol. The molecule has 0 saturated heterocycles. The van der Waals surface area contributed by atoms with Crippen LogP contribution in [-0.2, 0) is 5.60 Å². The third kappa shape index (κ3) is 1.98. The van der Waals surface area contributed by atoms with Crippen molar-refractivity contribution in [2.45, 2.75) is 38.7 Å². The molecule has 2 atom stereocenters. The van der Waals surface area contributed by atoms with Crippen LogP contribution in [0.25, 0.3) is 0 Å². The Labute approximate surface area is 99.6 Å². The molecule has 0 heterocycles. The average Bonchev–Trinajstić information content (AvgIpc) is 2.83. The van der Waals surface area contributed by atoms with Crippen LogP contribution < -0.4 is 0 Å². The molecule has 0 aromatic heterocycles. The van der Waals surface area contributed by atoms with Crippen LogP contribution in [0.3, 0.4) is 0 Å². The molecule has 0 amide bonds. The summed E-state index contributed by atoms with van der Waals surface area (Å²) in [5, 5.41) is 10.5. The van der Waals surface area contributed by atoms with Crippen molar-refractivity contribution >= 4 is 15.9 Å². The summed E-state index contributed by atoms with van der Waals surface area (Å²) in [5.41, 5.74) is 1.73. The van der Waals surface area contributed by atoms with Crippen LogP contribution in [0.5, 0.6) is 0 Å². The smallest absolute Gasteiger partial charge is 0.0940 e. The summed E-state index contributed by atoms with van der Waals surface area (Å²) in [4.78, 5) is 0. The monoisotopic (exact) mass is 268 g/mol. The van der Waals surface area contributed by atoms with Crippen LogP contribution >= 0.6 is 15.9 Å². The molecule has 82 valence electrons. The van der Waals surface area contributed by atoms with Crippen LogP contribution in [-0.4, -0.2) is 5.11 Å². The molecular formula is C13H17BrO. The summed E-state index contributed by atoms with van der Waals surface area (Å²) < 4.78 is 1.04. The highest BCUT2D eigenvalue weighted by Gasteiger charge is 2.53. The zero-order chi connectivity index (χ0) is 11.1. The molecular weight excluding hydrogens is 252 g/mol. The molecule has 1 fully saturated rings. The zero-order valence-corrected chi connectivity index (χ0v) is 10.8. The van der Waals surface area contributed by atoms with Gasteiger partial charge in [-0.3, -0.25) is 0 Å². The van der Waals surface area contributed by atoms with E-state index in [1.54, 1.807) is 0 Å². The molecule has 1 N–H and O–H groups in total. The minimum atomic E-state index is -0.555. The van der Waals surface area contributed by atoms with E-state index in [1.807, 2.05) is 6.07 Å². The quantitative estimate of drug-likeness (QED) is 0.885. The number of rotatable bonds is 3. The largest absolute Gasteiger partial charge is 0.385 e. The number of aryl methyl sites for hydroxylation is 1. The molecule has 15 heavy (non-hydrogen) atoms. The van der Waals surface area contributed by atoms with Gasteiger partial charge in [-0.1, -0.05) is 47.0 Å². The molecule has 0 bridgehead atoms. The lowest BCUT2D eigenvalue weighted by molar-refractivity contribution is 0.128. The molecule has 0 aliphatic heterocycles. The average molecular weight is 269 g/mol. The van der Waals surface area contributed by atoms with E-state index in [0.29, 0.717) is 5.92 Å². The Hall–Kier alpha value is -0.340. The predicted octanol–water partition coefficient (Wildman–Crippen LogP) is 3.77. The van der Waals surface area contributed by atoms with Crippen molar-refractivity contribution in [2.75, 3.05) is 0 Å². The third-order valence-corrected chi connectivity index (χ3v) is 3.99. The first-order chi connectivity index (χ1) is 7.08. The van der Waals surface area contributed by atoms with Gasteiger partial charge in [-0.05, 0) is 37.3 Å². The van der Waals surface area contributed by atoms with Gasteiger partial charge in [-0.25, -0.2) is 0 Å². The Kier molecular flexibility index (Phi) is 2.91. The van der Waals surface area contributed by atoms with Gasteiger partial charge in [-0.15, -0.1) is 0 Å². The van der Waals surface area contributed by atoms with Crippen molar-refractivity contribution in [3.63, 3.8) is 0 Å². The van der Waals surface area contributed by atoms with E-state index >= 15 is 0 Å². The molecule has 1 aliphatic rings. The molecule has 1 saturated carbocycles. The van der Waals surface area contributed by atoms with Crippen LogP contribution in [0.15, 0.2) is 22.7 Å². The van der Waals surface area contributed by atoms with E-state index in [9.17, 15) is 5.11 Å². The van der Waals surface area contributed by atoms with Crippen LogP contribution in [0.1, 0.15) is 37.3 Å². The Morgan fingerprint density at radius 3 is 2.93 bits per heavy atom. The normalized spacial score (nSPS) is 29.2. The van der Waals surface area contributed by atoms with Crippen LogP contribution in [0.2, 0.25) is 0 Å². The van der Waals surface area contributed by atoms with Gasteiger partial charge in [-0.2, -0.15) is 0 Å². The van der Waals surface area contributed by atoms with E-state index in [-0.39, 0.29) is 0 Å². The maximum atomic E-state index is 10.5. The molecule has 1 aromatic carbocycles. The second-order valence-corrected chi connectivity index (χ2v) is 5.45. The van der Waals surface area contributed by atoms with Crippen molar-refractivity contribution < 1.29 is 5.11 Å². The minimum absolute atomic E-state index is 0.459. The highest BCUT2D eigenvalue weighted by molar-refractivity contribution is 9.10. The fourth-order valence-corrected chi connectivity index (χ4v) is 2.90. The van der Waals surface area contributed by atoms with Gasteiger partial charge in [0.15, 0.2) is 0 Å². The maximum Gasteiger partial charge on any atom is 0.0940 e. The Bertz CT molecular complexity index is 375. The second-order valence-electron chi connectivity index (χ2n) is 4.60. The third-order valence-electron chi connectivity index (χ3n) is 3.30. The van der Waals surface area contributed by atoms with E-state index in [2.05, 4.69) is 41.9 Å². The molecule has 1 aromatic rings. The molecule has 2 heteroatoms. The topological polar surface area (TPSA) is 20.2 Å². The van der Waals surface area contributed by atoms with Crippen molar-refractivity contribution in [3.05, 3.63) is 33.8 Å². The van der Waals surface area contributed by atoms with E-state index in [4.69, 9.17) is 0 Å². The summed E-state index contributed by atoms with van der Waals surface area (Å²) in [6.07, 6.45) is 3.19. The SMILES string of the molecule is CCCC1CC1(O)c1cc(C)ccc1Br. The first-order valence-corrected chi connectivity index (χ1v) is 6.36. The van der Waals surface area contributed by atoms with Crippen molar-refractivity contribution in [2.24, 2.45) is 5.92 Å². The summed E-state index contributed by atoms with van der Waals surface area (Å²) in [7, 11) is 0. The molecule has 1 nitrogen and oxygen atoms in total. The van der Waals surface area contributed by atoms with Gasteiger partial charge in [0.25, 0.3) is 0 Å². The lowest BCUT2D eigenvalue weighted by atomic mass is 10.0. The lowest BCUT2D eigenvalue weighted by Gasteiger charge is -2.13. The van der Waals surface area contributed by atoms with Gasteiger partial charge in [0.2, 0.25) is 0 Å². The van der Waals surface area contributed by atoms with Crippen LogP contribution in [0, 0.1) is 12.8 Å². The fourth-order valence-electron chi connectivity index (χ4n) is 2.31. The van der Waals surface area contributed by atoms with Crippen molar-refractivity contribution in [1.29, 1.82) is 0 Å². The summed E-state index contributed by atoms with van der Waals surface area (Å²) in [6.45, 7) is 4.24. The Morgan fingerprint density at radius 1 is 1.53 bits per heavy atom. The molecule has 2 unspecified atom stereocenters. The van der Waals surface area contributed by atoms with Gasteiger partial charge in [0, 0.05) is 4.47 Å². The summed E-state index contributed by atoms with van der Waals surface area (Å²) >= 11 is 3.52. The van der Waals surface area contributed by atoms with Crippen molar-refractivity contribution in [3.8, 4) is 0 Å². The highest BCUT2D eigenvalue weighted by atomic mass is 79.9. The number of hydrogen-bond donors (Lipinski definition) is 1. The maximum absolute atomic E-state index is 10.5. The van der Waals surface area contributed by atoms with E-state index in [0.717, 1.165) is 29.3 Å². The summed E-state index contributed by atoms with van der Waals surface area (Å²) in [5.74, 6) is 0.459. The highest BCUT2D eigenvalue weighted by Crippen LogP contribution is 2.55. The Balaban J connectivity index is 2.27. The molecule has 1 aliphatic carbocycles. The number of hydrogen-bond acceptors (Lipinski definition) is 1. The van der Waals surface area contributed by atoms with E-state index < -0.39 is 5.60 Å². The fraction of sp³-hybridized carbons (Fsp3) is 0.538. The van der Waals surface area contributed by atoms with Gasteiger partial charge >= 0.3 is 0 Å². The molecule has 0 spiro atoms. The first kappa shape index (κ1) is 11.2. The number of halogens is 1. The van der Waals surface area contributed by atoms with Gasteiger partial charge < -0.3 is 5.11 Å². The van der Waals surface area contributed by atoms with E-state index in [1.165, 1.54) is 5.56 Å².